The van der Waals surface area contributed by atoms with Gasteiger partial charge in [0.25, 0.3) is 0 Å². The second-order valence-corrected chi connectivity index (χ2v) is 20.0. The molecule has 16 nitrogen and oxygen atoms in total. The zero-order valence-electron chi connectivity index (χ0n) is 40.5. The largest absolute Gasteiger partial charge is 0.444 e. The van der Waals surface area contributed by atoms with E-state index in [1.165, 1.54) is 27.7 Å². The van der Waals surface area contributed by atoms with Gasteiger partial charge >= 0.3 is 6.09 Å². The highest BCUT2D eigenvalue weighted by Crippen LogP contribution is 2.37. The van der Waals surface area contributed by atoms with Crippen LogP contribution in [0.1, 0.15) is 78.0 Å². The summed E-state index contributed by atoms with van der Waals surface area (Å²) in [5.41, 5.74) is -0.679. The molecular weight excluding hydrogens is 851 g/mol. The average molecular weight is 918 g/mol. The first-order chi connectivity index (χ1) is 31.5. The summed E-state index contributed by atoms with van der Waals surface area (Å²) < 4.78 is 5.40. The maximum Gasteiger partial charge on any atom is 0.408 e. The molecule has 6 N–H and O–H groups in total. The number of hydrogen-bond acceptors (Lipinski definition) is 8. The fourth-order valence-corrected chi connectivity index (χ4v) is 8.64. The molecular formula is C51H67N9O7. The topological polar surface area (TPSA) is 201 Å². The number of hydrogen-bond donors (Lipinski definition) is 6. The lowest BCUT2D eigenvalue weighted by molar-refractivity contribution is -0.159. The molecule has 1 aliphatic heterocycles. The number of rotatable bonds is 16. The lowest BCUT2D eigenvalue weighted by Crippen LogP contribution is -2.64. The van der Waals surface area contributed by atoms with Crippen molar-refractivity contribution < 1.29 is 33.5 Å². The molecule has 0 saturated carbocycles. The minimum Gasteiger partial charge on any atom is -0.444 e. The molecule has 1 saturated heterocycles. The summed E-state index contributed by atoms with van der Waals surface area (Å²) >= 11 is 0. The van der Waals surface area contributed by atoms with Gasteiger partial charge in [-0.05, 0) is 96.6 Å². The molecule has 0 spiro atoms. The Morgan fingerprint density at radius 1 is 0.701 bits per heavy atom. The van der Waals surface area contributed by atoms with Crippen LogP contribution < -0.4 is 21.3 Å². The molecule has 3 atom stereocenters. The molecule has 0 unspecified atom stereocenters. The number of carbonyl (C=O) groups is 6. The predicted molar refractivity (Wildman–Crippen MR) is 258 cm³/mol. The predicted octanol–water partition coefficient (Wildman–Crippen LogP) is 5.39. The van der Waals surface area contributed by atoms with E-state index in [2.05, 4.69) is 31.2 Å². The van der Waals surface area contributed by atoms with E-state index in [4.69, 9.17) is 4.74 Å². The highest BCUT2D eigenvalue weighted by molar-refractivity contribution is 5.98. The van der Waals surface area contributed by atoms with Crippen LogP contribution in [0.3, 0.4) is 0 Å². The number of H-pyrrole nitrogens is 2. The number of nitrogens with zero attached hydrogens (tertiary/aromatic N) is 3. The van der Waals surface area contributed by atoms with Crippen LogP contribution in [-0.4, -0.2) is 124 Å². The normalized spacial score (nSPS) is 16.6. The third-order valence-electron chi connectivity index (χ3n) is 12.4. The van der Waals surface area contributed by atoms with Crippen molar-refractivity contribution in [2.24, 2.45) is 5.41 Å². The van der Waals surface area contributed by atoms with Gasteiger partial charge in [-0.3, -0.25) is 29.0 Å². The van der Waals surface area contributed by atoms with Crippen LogP contribution >= 0.6 is 0 Å². The van der Waals surface area contributed by atoms with Crippen LogP contribution in [0.2, 0.25) is 0 Å². The summed E-state index contributed by atoms with van der Waals surface area (Å²) in [7, 11) is 5.33. The molecule has 358 valence electrons. The number of nitrogens with one attached hydrogen (secondary N) is 6. The van der Waals surface area contributed by atoms with Crippen LogP contribution in [0.4, 0.5) is 4.79 Å². The van der Waals surface area contributed by atoms with Crippen molar-refractivity contribution in [3.05, 3.63) is 108 Å². The van der Waals surface area contributed by atoms with Gasteiger partial charge in [0, 0.05) is 81.3 Å². The molecule has 1 fully saturated rings. The Bertz CT molecular complexity index is 2590. The summed E-state index contributed by atoms with van der Waals surface area (Å²) in [5.74, 6) is -2.44. The van der Waals surface area contributed by atoms with Gasteiger partial charge in [-0.15, -0.1) is 0 Å². The Balaban J connectivity index is 1.28. The number of para-hydroxylation sites is 2. The average Bonchev–Trinajstić information content (AvgIpc) is 3.88. The van der Waals surface area contributed by atoms with Crippen molar-refractivity contribution in [3.8, 4) is 0 Å². The zero-order valence-corrected chi connectivity index (χ0v) is 40.5. The molecule has 16 heteroatoms. The van der Waals surface area contributed by atoms with E-state index in [1.54, 1.807) is 63.0 Å². The fourth-order valence-electron chi connectivity index (χ4n) is 8.64. The molecule has 1 aliphatic rings. The van der Waals surface area contributed by atoms with Crippen molar-refractivity contribution in [1.29, 1.82) is 0 Å². The minimum atomic E-state index is -1.62. The van der Waals surface area contributed by atoms with Crippen LogP contribution in [0.5, 0.6) is 0 Å². The number of likely N-dealkylation sites (tertiary alicyclic amines) is 1. The Kier molecular flexibility index (Phi) is 14.9. The maximum absolute atomic E-state index is 15.1. The van der Waals surface area contributed by atoms with Gasteiger partial charge in [0.2, 0.25) is 29.5 Å². The minimum absolute atomic E-state index is 0.0326. The van der Waals surface area contributed by atoms with Gasteiger partial charge in [-0.25, -0.2) is 9.80 Å². The van der Waals surface area contributed by atoms with Crippen molar-refractivity contribution in [3.63, 3.8) is 0 Å². The molecule has 5 aromatic rings. The van der Waals surface area contributed by atoms with Gasteiger partial charge in [0.1, 0.15) is 28.8 Å². The molecule has 0 radical (unpaired) electrons. The zero-order chi connectivity index (χ0) is 48.9. The van der Waals surface area contributed by atoms with E-state index in [9.17, 15) is 24.0 Å². The fraction of sp³-hybridized carbons (Fsp3) is 0.451. The van der Waals surface area contributed by atoms with Gasteiger partial charge in [-0.2, -0.15) is 0 Å². The third kappa shape index (κ3) is 12.0. The van der Waals surface area contributed by atoms with Crippen molar-refractivity contribution in [1.82, 2.24) is 46.2 Å². The van der Waals surface area contributed by atoms with Crippen molar-refractivity contribution in [2.75, 3.05) is 34.2 Å². The van der Waals surface area contributed by atoms with Crippen LogP contribution in [-0.2, 0) is 48.0 Å². The Labute approximate surface area is 392 Å². The summed E-state index contributed by atoms with van der Waals surface area (Å²) in [6.07, 6.45) is 4.47. The smallest absolute Gasteiger partial charge is 0.408 e. The molecule has 0 bridgehead atoms. The first-order valence-corrected chi connectivity index (χ1v) is 22.8. The molecule has 3 aromatic carbocycles. The summed E-state index contributed by atoms with van der Waals surface area (Å²) in [5, 5.41) is 16.3. The first-order valence-electron chi connectivity index (χ1n) is 22.8. The van der Waals surface area contributed by atoms with Crippen LogP contribution in [0.15, 0.2) is 91.3 Å². The second kappa shape index (κ2) is 20.0. The van der Waals surface area contributed by atoms with E-state index in [0.29, 0.717) is 25.8 Å². The SMILES string of the molecule is CN(C)N(C)C(=O)[C@@]1(Cc2ccccc2)CCCN(C(=O)[C@@H](Cc2c[nH]c3ccccc23)NC(=O)C(C)(C)NC(=O)[C@@H](Cc2c[nH]c3ccccc23)NC(=O)C(C)(C)NC(=O)OC(C)(C)C)C1. The first kappa shape index (κ1) is 49.7. The van der Waals surface area contributed by atoms with Gasteiger partial charge in [-0.1, -0.05) is 66.7 Å². The number of hydrazine groups is 1. The number of amides is 6. The Hall–Kier alpha value is -6.68. The third-order valence-corrected chi connectivity index (χ3v) is 12.4. The van der Waals surface area contributed by atoms with E-state index in [0.717, 1.165) is 38.5 Å². The molecule has 2 aromatic heterocycles. The number of fused-ring (bicyclic) bond motifs is 2. The summed E-state index contributed by atoms with van der Waals surface area (Å²) in [4.78, 5) is 93.5. The molecule has 67 heavy (non-hydrogen) atoms. The summed E-state index contributed by atoms with van der Waals surface area (Å²) in [6.45, 7) is 11.7. The molecule has 6 amide bonds. The number of carbonyl (C=O) groups excluding carboxylic acids is 6. The van der Waals surface area contributed by atoms with Crippen LogP contribution in [0.25, 0.3) is 21.8 Å². The molecule has 6 rings (SSSR count). The Morgan fingerprint density at radius 3 is 1.76 bits per heavy atom. The quantitative estimate of drug-likeness (QED) is 0.0708. The highest BCUT2D eigenvalue weighted by Gasteiger charge is 2.47. The van der Waals surface area contributed by atoms with Crippen LogP contribution in [0, 0.1) is 5.41 Å². The molecule has 0 aliphatic carbocycles. The number of piperidine rings is 1. The van der Waals surface area contributed by atoms with E-state index < -0.39 is 58.0 Å². The second-order valence-electron chi connectivity index (χ2n) is 20.0. The number of aromatic nitrogens is 2. The molecule has 3 heterocycles. The highest BCUT2D eigenvalue weighted by atomic mass is 16.6. The summed E-state index contributed by atoms with van der Waals surface area (Å²) in [6, 6.07) is 22.7. The maximum atomic E-state index is 15.1. The van der Waals surface area contributed by atoms with E-state index in [-0.39, 0.29) is 31.2 Å². The number of aromatic amines is 2. The lowest BCUT2D eigenvalue weighted by atomic mass is 9.74. The van der Waals surface area contributed by atoms with Gasteiger partial charge < -0.3 is 40.9 Å². The van der Waals surface area contributed by atoms with E-state index >= 15 is 4.79 Å². The van der Waals surface area contributed by atoms with Crippen molar-refractivity contribution in [2.45, 2.75) is 109 Å². The number of benzene rings is 3. The monoisotopic (exact) mass is 918 g/mol. The lowest BCUT2D eigenvalue weighted by Gasteiger charge is -2.45. The van der Waals surface area contributed by atoms with E-state index in [1.807, 2.05) is 85.1 Å². The van der Waals surface area contributed by atoms with Gasteiger partial charge in [0.15, 0.2) is 0 Å². The van der Waals surface area contributed by atoms with Gasteiger partial charge in [0.05, 0.1) is 5.41 Å². The standard InChI is InChI=1S/C51H67N9O7/c1-48(2,3)67-47(66)57-50(6,7)45(64)54-40(27-34-30-52-38-23-16-14-21-36(34)38)42(61)56-49(4,5)44(63)55-41(28-35-31-53-39-24-17-15-22-37(35)39)43(62)60-26-18-25-51(32-60,46(65)59(10)58(8)9)29-33-19-12-11-13-20-33/h11-17,19-24,30-31,40-41,52-53H,18,25-29,32H2,1-10H3,(H,54,64)(H,55,63)(H,56,61)(H,57,66)/t40-,41-,51-/m1/s1. The Morgan fingerprint density at radius 2 is 1.21 bits per heavy atom. The number of ether oxygens (including phenoxy) is 1. The number of alkyl carbamates (subject to hydrolysis) is 1. The van der Waals surface area contributed by atoms with Crippen molar-refractivity contribution >= 4 is 57.4 Å².